The summed E-state index contributed by atoms with van der Waals surface area (Å²) in [5, 5.41) is 6.14. The number of hydrogen-bond donors (Lipinski definition) is 3. The first kappa shape index (κ1) is 23.1. The van der Waals surface area contributed by atoms with Gasteiger partial charge in [-0.25, -0.2) is 20.4 Å². The molecule has 0 heterocycles. The Labute approximate surface area is 207 Å². The average molecular weight is 469 g/mol. The number of nitrogens with zero attached hydrogens (tertiary/aromatic N) is 3. The SMILES string of the molecule is NC(=NC1CCCCC1)N(NC1CCCCC1)C(=NC1CC2CCC1C2)NC1CC2CCC1C2. The maximum Gasteiger partial charge on any atom is 0.216 e. The van der Waals surface area contributed by atoms with Crippen molar-refractivity contribution in [1.29, 1.82) is 0 Å². The van der Waals surface area contributed by atoms with E-state index in [-0.39, 0.29) is 0 Å². The molecule has 6 aliphatic carbocycles. The number of hydrogen-bond acceptors (Lipinski definition) is 3. The zero-order valence-electron chi connectivity index (χ0n) is 21.3. The van der Waals surface area contributed by atoms with Gasteiger partial charge in [-0.2, -0.15) is 0 Å². The lowest BCUT2D eigenvalue weighted by molar-refractivity contribution is 0.272. The van der Waals surface area contributed by atoms with Gasteiger partial charge in [-0.1, -0.05) is 51.4 Å². The van der Waals surface area contributed by atoms with Crippen LogP contribution in [-0.2, 0) is 0 Å². The summed E-state index contributed by atoms with van der Waals surface area (Å²) in [5.74, 6) is 5.04. The lowest BCUT2D eigenvalue weighted by Crippen LogP contribution is -2.60. The molecular weight excluding hydrogens is 420 g/mol. The molecule has 0 aromatic carbocycles. The molecule has 0 saturated heterocycles. The Hall–Kier alpha value is -1.30. The van der Waals surface area contributed by atoms with Crippen LogP contribution >= 0.6 is 0 Å². The van der Waals surface area contributed by atoms with Crippen LogP contribution in [0.25, 0.3) is 0 Å². The van der Waals surface area contributed by atoms with Crippen molar-refractivity contribution in [1.82, 2.24) is 15.8 Å². The highest BCUT2D eigenvalue weighted by Crippen LogP contribution is 2.47. The van der Waals surface area contributed by atoms with E-state index in [1.807, 2.05) is 0 Å². The van der Waals surface area contributed by atoms with Gasteiger partial charge in [0.25, 0.3) is 0 Å². The van der Waals surface area contributed by atoms with E-state index in [2.05, 4.69) is 15.8 Å². The summed E-state index contributed by atoms with van der Waals surface area (Å²) in [6, 6.07) is 1.85. The molecule has 0 aromatic rings. The van der Waals surface area contributed by atoms with Crippen LogP contribution in [0.1, 0.15) is 116 Å². The smallest absolute Gasteiger partial charge is 0.216 e. The van der Waals surface area contributed by atoms with Crippen LogP contribution in [0.15, 0.2) is 9.98 Å². The van der Waals surface area contributed by atoms with Gasteiger partial charge in [-0.15, -0.1) is 0 Å². The number of aliphatic imine (C=N–C) groups is 2. The fraction of sp³-hybridized carbons (Fsp3) is 0.929. The molecule has 4 N–H and O–H groups in total. The van der Waals surface area contributed by atoms with Crippen LogP contribution in [0.4, 0.5) is 0 Å². The zero-order valence-corrected chi connectivity index (χ0v) is 21.3. The summed E-state index contributed by atoms with van der Waals surface area (Å²) in [4.78, 5) is 10.6. The number of nitrogens with two attached hydrogens (primary N) is 1. The average Bonchev–Trinajstić information content (AvgIpc) is 3.66. The standard InChI is InChI=1S/C28H48N6/c29-27(30-23-7-3-1-4-8-23)34(33-24-9-5-2-6-10-24)28(31-25-17-19-11-13-21(25)15-19)32-26-18-20-12-14-22(26)16-20/h19-26,33H,1-18H2,(H2,29,30)(H,31,32). The first-order valence-electron chi connectivity index (χ1n) is 14.9. The summed E-state index contributed by atoms with van der Waals surface area (Å²) in [7, 11) is 0. The lowest BCUT2D eigenvalue weighted by Gasteiger charge is -2.36. The van der Waals surface area contributed by atoms with Crippen molar-refractivity contribution in [3.8, 4) is 0 Å². The van der Waals surface area contributed by atoms with Crippen molar-refractivity contribution < 1.29 is 0 Å². The molecule has 0 aliphatic heterocycles. The fourth-order valence-electron chi connectivity index (χ4n) is 8.38. The molecule has 6 fully saturated rings. The van der Waals surface area contributed by atoms with Gasteiger partial charge < -0.3 is 11.1 Å². The Kier molecular flexibility index (Phi) is 7.05. The molecule has 190 valence electrons. The van der Waals surface area contributed by atoms with Crippen molar-refractivity contribution in [3.05, 3.63) is 0 Å². The largest absolute Gasteiger partial charge is 0.368 e. The molecule has 6 rings (SSSR count). The van der Waals surface area contributed by atoms with E-state index in [9.17, 15) is 0 Å². The minimum atomic E-state index is 0.371. The van der Waals surface area contributed by atoms with Gasteiger partial charge in [0.1, 0.15) is 0 Å². The molecule has 6 unspecified atom stereocenters. The lowest BCUT2D eigenvalue weighted by atomic mass is 9.95. The highest BCUT2D eigenvalue weighted by atomic mass is 15.6. The van der Waals surface area contributed by atoms with Crippen molar-refractivity contribution in [3.63, 3.8) is 0 Å². The van der Waals surface area contributed by atoms with Crippen molar-refractivity contribution in [2.45, 2.75) is 140 Å². The van der Waals surface area contributed by atoms with Crippen molar-refractivity contribution in [2.75, 3.05) is 0 Å². The molecule has 0 amide bonds. The Balaban J connectivity index is 1.27. The van der Waals surface area contributed by atoms with Crippen LogP contribution in [-0.4, -0.2) is 41.1 Å². The van der Waals surface area contributed by atoms with Gasteiger partial charge in [-0.05, 0) is 87.9 Å². The highest BCUT2D eigenvalue weighted by Gasteiger charge is 2.43. The van der Waals surface area contributed by atoms with E-state index in [1.54, 1.807) is 0 Å². The Bertz CT molecular complexity index is 752. The molecule has 6 saturated carbocycles. The number of fused-ring (bicyclic) bond motifs is 4. The molecule has 0 aromatic heterocycles. The van der Waals surface area contributed by atoms with E-state index in [1.165, 1.54) is 116 Å². The van der Waals surface area contributed by atoms with E-state index in [4.69, 9.17) is 15.7 Å². The summed E-state index contributed by atoms with van der Waals surface area (Å²) in [6.45, 7) is 0. The van der Waals surface area contributed by atoms with Gasteiger partial charge >= 0.3 is 0 Å². The van der Waals surface area contributed by atoms with E-state index < -0.39 is 0 Å². The quantitative estimate of drug-likeness (QED) is 0.298. The molecule has 4 bridgehead atoms. The van der Waals surface area contributed by atoms with Gasteiger partial charge in [0.15, 0.2) is 0 Å². The third-order valence-corrected chi connectivity index (χ3v) is 10.3. The third kappa shape index (κ3) is 5.12. The first-order valence-corrected chi connectivity index (χ1v) is 14.9. The zero-order chi connectivity index (χ0) is 22.9. The second kappa shape index (κ2) is 10.4. The minimum Gasteiger partial charge on any atom is -0.368 e. The molecule has 0 radical (unpaired) electrons. The predicted octanol–water partition coefficient (Wildman–Crippen LogP) is 5.10. The molecule has 34 heavy (non-hydrogen) atoms. The van der Waals surface area contributed by atoms with Gasteiger partial charge in [-0.3, -0.25) is 0 Å². The number of rotatable bonds is 5. The van der Waals surface area contributed by atoms with E-state index in [0.29, 0.717) is 30.1 Å². The number of hydrazine groups is 1. The summed E-state index contributed by atoms with van der Waals surface area (Å²) < 4.78 is 0. The van der Waals surface area contributed by atoms with Gasteiger partial charge in [0.2, 0.25) is 11.9 Å². The number of nitrogens with one attached hydrogen (secondary N) is 2. The first-order chi connectivity index (χ1) is 16.7. The van der Waals surface area contributed by atoms with Crippen LogP contribution in [0.3, 0.4) is 0 Å². The normalized spacial score (nSPS) is 39.2. The summed E-state index contributed by atoms with van der Waals surface area (Å²) >= 11 is 0. The second-order valence-electron chi connectivity index (χ2n) is 12.7. The second-order valence-corrected chi connectivity index (χ2v) is 12.7. The molecule has 0 spiro atoms. The molecule has 6 heteroatoms. The molecule has 6 nitrogen and oxygen atoms in total. The van der Waals surface area contributed by atoms with Crippen LogP contribution in [0, 0.1) is 23.7 Å². The monoisotopic (exact) mass is 468 g/mol. The number of guanidine groups is 2. The molecular formula is C28H48N6. The van der Waals surface area contributed by atoms with Gasteiger partial charge in [0, 0.05) is 12.1 Å². The Morgan fingerprint density at radius 2 is 1.35 bits per heavy atom. The van der Waals surface area contributed by atoms with E-state index in [0.717, 1.165) is 29.6 Å². The fourth-order valence-corrected chi connectivity index (χ4v) is 8.38. The van der Waals surface area contributed by atoms with Crippen LogP contribution in [0.2, 0.25) is 0 Å². The van der Waals surface area contributed by atoms with Crippen LogP contribution < -0.4 is 16.5 Å². The highest BCUT2D eigenvalue weighted by molar-refractivity contribution is 5.97. The third-order valence-electron chi connectivity index (χ3n) is 10.3. The van der Waals surface area contributed by atoms with Crippen LogP contribution in [0.5, 0.6) is 0 Å². The Morgan fingerprint density at radius 3 is 1.97 bits per heavy atom. The predicted molar refractivity (Wildman–Crippen MR) is 139 cm³/mol. The maximum absolute atomic E-state index is 6.86. The summed E-state index contributed by atoms with van der Waals surface area (Å²) in [6.07, 6.45) is 23.6. The molecule has 6 atom stereocenters. The van der Waals surface area contributed by atoms with Crippen molar-refractivity contribution in [2.24, 2.45) is 39.4 Å². The topological polar surface area (TPSA) is 78.0 Å². The van der Waals surface area contributed by atoms with Gasteiger partial charge in [0.05, 0.1) is 12.1 Å². The summed E-state index contributed by atoms with van der Waals surface area (Å²) in [5.41, 5.74) is 10.7. The van der Waals surface area contributed by atoms with Crippen molar-refractivity contribution >= 4 is 11.9 Å². The Morgan fingerprint density at radius 1 is 0.676 bits per heavy atom. The minimum absolute atomic E-state index is 0.371. The van der Waals surface area contributed by atoms with E-state index >= 15 is 0 Å². The maximum atomic E-state index is 6.86. The molecule has 6 aliphatic rings.